The quantitative estimate of drug-likeness (QED) is 0.679. The van der Waals surface area contributed by atoms with Gasteiger partial charge in [0.1, 0.15) is 6.04 Å². The van der Waals surface area contributed by atoms with E-state index in [0.717, 1.165) is 11.3 Å². The van der Waals surface area contributed by atoms with E-state index in [1.165, 1.54) is 16.3 Å². The van der Waals surface area contributed by atoms with Crippen LogP contribution in [0.25, 0.3) is 10.8 Å². The third-order valence-electron chi connectivity index (χ3n) is 4.91. The number of carbonyl (C=O) groups excluding carboxylic acids is 1. The molecule has 1 amide bonds. The van der Waals surface area contributed by atoms with Crippen LogP contribution in [0, 0.1) is 0 Å². The number of fused-ring (bicyclic) bond motifs is 1. The van der Waals surface area contributed by atoms with Crippen LogP contribution in [0.2, 0.25) is 0 Å². The van der Waals surface area contributed by atoms with E-state index in [-0.39, 0.29) is 11.9 Å². The maximum Gasteiger partial charge on any atom is 0.275 e. The summed E-state index contributed by atoms with van der Waals surface area (Å²) in [6, 6.07) is 23.2. The van der Waals surface area contributed by atoms with Gasteiger partial charge in [-0.05, 0) is 35.4 Å². The minimum atomic E-state index is 0.0544. The van der Waals surface area contributed by atoms with Crippen LogP contribution >= 0.6 is 0 Å². The number of nitrogens with one attached hydrogen (secondary N) is 1. The molecule has 0 heterocycles. The summed E-state index contributed by atoms with van der Waals surface area (Å²) in [6.07, 6.45) is 0. The third kappa shape index (κ3) is 4.86. The molecule has 140 valence electrons. The highest BCUT2D eigenvalue weighted by molar-refractivity contribution is 5.86. The number of benzene rings is 3. The topological polar surface area (TPSA) is 49.0 Å². The van der Waals surface area contributed by atoms with Gasteiger partial charge in [-0.1, -0.05) is 54.6 Å². The van der Waals surface area contributed by atoms with Crippen LogP contribution in [-0.4, -0.2) is 26.5 Å². The highest BCUT2D eigenvalue weighted by Gasteiger charge is 2.14. The monoisotopic (exact) mass is 362 g/mol. The fourth-order valence-electron chi connectivity index (χ4n) is 3.24. The van der Waals surface area contributed by atoms with E-state index >= 15 is 0 Å². The first kappa shape index (κ1) is 18.9. The van der Waals surface area contributed by atoms with Crippen LogP contribution < -0.4 is 15.5 Å². The second kappa shape index (κ2) is 8.69. The first-order valence-corrected chi connectivity index (χ1v) is 9.38. The lowest BCUT2D eigenvalue weighted by Crippen LogP contribution is -2.87. The molecule has 3 aromatic carbocycles. The molecule has 0 saturated heterocycles. The largest absolute Gasteiger partial charge is 0.378 e. The molecule has 3 N–H and O–H groups in total. The Balaban J connectivity index is 1.52. The first-order valence-electron chi connectivity index (χ1n) is 9.38. The van der Waals surface area contributed by atoms with E-state index in [1.54, 1.807) is 0 Å². The van der Waals surface area contributed by atoms with Gasteiger partial charge in [0, 0.05) is 31.9 Å². The van der Waals surface area contributed by atoms with E-state index in [0.29, 0.717) is 13.1 Å². The summed E-state index contributed by atoms with van der Waals surface area (Å²) in [4.78, 5) is 14.3. The third-order valence-corrected chi connectivity index (χ3v) is 4.91. The molecule has 0 bridgehead atoms. The van der Waals surface area contributed by atoms with E-state index in [1.807, 2.05) is 14.1 Å². The molecular formula is C23H28N3O+. The summed E-state index contributed by atoms with van der Waals surface area (Å²) >= 11 is 0. The van der Waals surface area contributed by atoms with Crippen molar-refractivity contribution in [3.05, 3.63) is 77.9 Å². The van der Waals surface area contributed by atoms with Gasteiger partial charge in [0.05, 0.1) is 0 Å². The average Bonchev–Trinajstić information content (AvgIpc) is 2.70. The lowest BCUT2D eigenvalue weighted by atomic mass is 10.00. The summed E-state index contributed by atoms with van der Waals surface area (Å²) in [7, 11) is 4.04. The fourth-order valence-corrected chi connectivity index (χ4v) is 3.24. The number of anilines is 1. The smallest absolute Gasteiger partial charge is 0.275 e. The Bertz CT molecular complexity index is 898. The van der Waals surface area contributed by atoms with Gasteiger partial charge in [0.15, 0.2) is 6.54 Å². The van der Waals surface area contributed by atoms with Crippen molar-refractivity contribution in [3.8, 4) is 0 Å². The number of quaternary nitrogens is 1. The first-order chi connectivity index (χ1) is 13.0. The van der Waals surface area contributed by atoms with E-state index in [9.17, 15) is 4.79 Å². The molecule has 0 aliphatic rings. The van der Waals surface area contributed by atoms with Crippen LogP contribution in [-0.2, 0) is 11.3 Å². The van der Waals surface area contributed by atoms with Crippen molar-refractivity contribution in [3.63, 3.8) is 0 Å². The fraction of sp³-hybridized carbons (Fsp3) is 0.261. The maximum atomic E-state index is 12.2. The van der Waals surface area contributed by atoms with Crippen molar-refractivity contribution in [1.82, 2.24) is 5.32 Å². The van der Waals surface area contributed by atoms with E-state index in [2.05, 4.69) is 89.2 Å². The van der Waals surface area contributed by atoms with E-state index in [4.69, 9.17) is 0 Å². The molecule has 0 saturated carbocycles. The van der Waals surface area contributed by atoms with Gasteiger partial charge in [-0.2, -0.15) is 0 Å². The van der Waals surface area contributed by atoms with Crippen molar-refractivity contribution >= 4 is 22.4 Å². The Morgan fingerprint density at radius 2 is 1.70 bits per heavy atom. The van der Waals surface area contributed by atoms with Gasteiger partial charge in [0.2, 0.25) is 0 Å². The van der Waals surface area contributed by atoms with Crippen LogP contribution in [0.1, 0.15) is 24.1 Å². The molecule has 0 spiro atoms. The molecule has 0 radical (unpaired) electrons. The molecule has 4 nitrogen and oxygen atoms in total. The maximum absolute atomic E-state index is 12.2. The number of nitrogens with zero attached hydrogens (tertiary/aromatic N) is 1. The number of carbonyl (C=O) groups is 1. The Hall–Kier alpha value is -2.85. The van der Waals surface area contributed by atoms with Crippen molar-refractivity contribution in [2.45, 2.75) is 19.5 Å². The van der Waals surface area contributed by atoms with Crippen molar-refractivity contribution in [2.75, 3.05) is 25.5 Å². The Morgan fingerprint density at radius 3 is 2.44 bits per heavy atom. The van der Waals surface area contributed by atoms with Crippen molar-refractivity contribution < 1.29 is 10.1 Å². The highest BCUT2D eigenvalue weighted by Crippen LogP contribution is 2.22. The summed E-state index contributed by atoms with van der Waals surface area (Å²) in [5.74, 6) is 0.0544. The lowest BCUT2D eigenvalue weighted by molar-refractivity contribution is -0.682. The van der Waals surface area contributed by atoms with Crippen LogP contribution in [0.5, 0.6) is 0 Å². The number of rotatable bonds is 7. The van der Waals surface area contributed by atoms with Crippen LogP contribution in [0.15, 0.2) is 66.7 Å². The zero-order valence-electron chi connectivity index (χ0n) is 16.3. The standard InChI is InChI=1S/C23H27N3O/c1-17(21-10-6-8-19-7-4-5-9-22(19)21)24-16-23(27)25-15-18-11-13-20(14-12-18)26(2)3/h4-14,17,24H,15-16H2,1-3H3,(H,25,27)/p+1/t17-/m1/s1. The molecule has 3 rings (SSSR count). The SMILES string of the molecule is C[C@@H]([NH2+]CC(=O)NCc1ccc(N(C)C)cc1)c1cccc2ccccc12. The average molecular weight is 362 g/mol. The number of amides is 1. The van der Waals surface area contributed by atoms with Gasteiger partial charge in [-0.3, -0.25) is 4.79 Å². The summed E-state index contributed by atoms with van der Waals surface area (Å²) in [5.41, 5.74) is 3.53. The molecule has 0 fully saturated rings. The summed E-state index contributed by atoms with van der Waals surface area (Å²) < 4.78 is 0. The normalized spacial score (nSPS) is 12.0. The van der Waals surface area contributed by atoms with Gasteiger partial charge in [0.25, 0.3) is 5.91 Å². The zero-order chi connectivity index (χ0) is 19.2. The molecule has 27 heavy (non-hydrogen) atoms. The zero-order valence-corrected chi connectivity index (χ0v) is 16.3. The van der Waals surface area contributed by atoms with Gasteiger partial charge < -0.3 is 15.5 Å². The van der Waals surface area contributed by atoms with Gasteiger partial charge in [-0.25, -0.2) is 0 Å². The Morgan fingerprint density at radius 1 is 1.00 bits per heavy atom. The van der Waals surface area contributed by atoms with Gasteiger partial charge in [-0.15, -0.1) is 0 Å². The second-order valence-electron chi connectivity index (χ2n) is 7.13. The highest BCUT2D eigenvalue weighted by atomic mass is 16.1. The number of hydrogen-bond donors (Lipinski definition) is 2. The second-order valence-corrected chi connectivity index (χ2v) is 7.13. The predicted octanol–water partition coefficient (Wildman–Crippen LogP) is 2.85. The molecule has 0 unspecified atom stereocenters. The lowest BCUT2D eigenvalue weighted by Gasteiger charge is -2.14. The molecule has 0 aromatic heterocycles. The molecule has 0 aliphatic heterocycles. The Labute approximate surface area is 161 Å². The summed E-state index contributed by atoms with van der Waals surface area (Å²) in [6.45, 7) is 3.12. The van der Waals surface area contributed by atoms with Crippen molar-refractivity contribution in [2.24, 2.45) is 0 Å². The number of nitrogens with two attached hydrogens (primary N) is 1. The van der Waals surface area contributed by atoms with Crippen LogP contribution in [0.3, 0.4) is 0 Å². The molecule has 4 heteroatoms. The minimum Gasteiger partial charge on any atom is -0.378 e. The van der Waals surface area contributed by atoms with Crippen LogP contribution in [0.4, 0.5) is 5.69 Å². The molecule has 0 aliphatic carbocycles. The minimum absolute atomic E-state index is 0.0544. The Kier molecular flexibility index (Phi) is 6.09. The van der Waals surface area contributed by atoms with Crippen molar-refractivity contribution in [1.29, 1.82) is 0 Å². The predicted molar refractivity (Wildman–Crippen MR) is 112 cm³/mol. The van der Waals surface area contributed by atoms with E-state index < -0.39 is 0 Å². The van der Waals surface area contributed by atoms with Gasteiger partial charge >= 0.3 is 0 Å². The number of hydrogen-bond acceptors (Lipinski definition) is 2. The summed E-state index contributed by atoms with van der Waals surface area (Å²) in [5, 5.41) is 7.59. The molecular weight excluding hydrogens is 334 g/mol. The molecule has 3 aromatic rings. The molecule has 1 atom stereocenters.